The summed E-state index contributed by atoms with van der Waals surface area (Å²) in [5.41, 5.74) is 4.24. The van der Waals surface area contributed by atoms with Crippen LogP contribution in [0.4, 0.5) is 10.1 Å². The lowest BCUT2D eigenvalue weighted by atomic mass is 10.0. The lowest BCUT2D eigenvalue weighted by Crippen LogP contribution is -2.25. The molecule has 6 nitrogen and oxygen atoms in total. The summed E-state index contributed by atoms with van der Waals surface area (Å²) >= 11 is 0. The van der Waals surface area contributed by atoms with Crippen LogP contribution in [0.5, 0.6) is 0 Å². The molecule has 7 heteroatoms. The zero-order chi connectivity index (χ0) is 22.1. The van der Waals surface area contributed by atoms with Crippen molar-refractivity contribution in [3.8, 4) is 5.69 Å². The summed E-state index contributed by atoms with van der Waals surface area (Å²) in [5.74, 6) is -0.596. The number of para-hydroxylation sites is 1. The molecule has 0 saturated carbocycles. The number of hydrogen-bond acceptors (Lipinski definition) is 3. The highest BCUT2D eigenvalue weighted by molar-refractivity contribution is 5.91. The van der Waals surface area contributed by atoms with Crippen molar-refractivity contribution in [3.05, 3.63) is 87.6 Å². The predicted octanol–water partition coefficient (Wildman–Crippen LogP) is 4.05. The smallest absolute Gasteiger partial charge is 0.255 e. The number of carbonyl (C=O) groups excluding carboxylic acids is 1. The number of fused-ring (bicyclic) bond motifs is 1. The van der Waals surface area contributed by atoms with Crippen molar-refractivity contribution in [3.63, 3.8) is 0 Å². The maximum Gasteiger partial charge on any atom is 0.255 e. The van der Waals surface area contributed by atoms with Gasteiger partial charge >= 0.3 is 0 Å². The summed E-state index contributed by atoms with van der Waals surface area (Å²) in [5, 5.41) is 8.32. The molecule has 0 fully saturated rings. The van der Waals surface area contributed by atoms with Gasteiger partial charge in [-0.2, -0.15) is 5.10 Å². The molecular weight excluding hydrogens is 395 g/mol. The summed E-state index contributed by atoms with van der Waals surface area (Å²) in [6, 6.07) is 15.3. The van der Waals surface area contributed by atoms with E-state index >= 15 is 0 Å². The third kappa shape index (κ3) is 3.86. The van der Waals surface area contributed by atoms with E-state index in [2.05, 4.69) is 10.4 Å². The third-order valence-corrected chi connectivity index (χ3v) is 5.48. The van der Waals surface area contributed by atoms with Gasteiger partial charge in [-0.25, -0.2) is 9.07 Å². The topological polar surface area (TPSA) is 68.9 Å². The van der Waals surface area contributed by atoms with Crippen LogP contribution >= 0.6 is 0 Å². The number of aromatic nitrogens is 3. The van der Waals surface area contributed by atoms with Crippen molar-refractivity contribution in [2.75, 3.05) is 5.32 Å². The molecule has 31 heavy (non-hydrogen) atoms. The van der Waals surface area contributed by atoms with E-state index in [1.165, 1.54) is 24.3 Å². The highest BCUT2D eigenvalue weighted by Crippen LogP contribution is 2.25. The minimum Gasteiger partial charge on any atom is -0.326 e. The van der Waals surface area contributed by atoms with Crippen LogP contribution in [-0.4, -0.2) is 20.3 Å². The molecule has 158 valence electrons. The summed E-state index contributed by atoms with van der Waals surface area (Å²) in [7, 11) is 1.73. The van der Waals surface area contributed by atoms with Gasteiger partial charge < -0.3 is 5.32 Å². The van der Waals surface area contributed by atoms with Crippen LogP contribution in [0.15, 0.2) is 59.4 Å². The number of pyridine rings is 1. The Hall–Kier alpha value is -3.74. The van der Waals surface area contributed by atoms with E-state index in [9.17, 15) is 14.0 Å². The Morgan fingerprint density at radius 2 is 1.74 bits per heavy atom. The molecular formula is C24H23FN4O2. The standard InChI is InChI=1S/C24H23FN4O2/c1-15-20(13-14-21(30)26-18-11-9-17(25)10-12-18)24(31)28(3)23-22(15)16(2)27-29(23)19-7-5-4-6-8-19/h4-12H,13-14H2,1-3H3,(H,26,30). The van der Waals surface area contributed by atoms with Crippen molar-refractivity contribution in [1.82, 2.24) is 14.3 Å². The molecule has 0 bridgehead atoms. The molecule has 0 spiro atoms. The van der Waals surface area contributed by atoms with Gasteiger partial charge in [-0.3, -0.25) is 14.2 Å². The first-order valence-corrected chi connectivity index (χ1v) is 10.1. The van der Waals surface area contributed by atoms with Gasteiger partial charge in [-0.1, -0.05) is 18.2 Å². The van der Waals surface area contributed by atoms with Crippen LogP contribution < -0.4 is 10.9 Å². The molecule has 2 aromatic carbocycles. The van der Waals surface area contributed by atoms with E-state index in [1.54, 1.807) is 16.3 Å². The second-order valence-corrected chi connectivity index (χ2v) is 7.55. The first-order valence-electron chi connectivity index (χ1n) is 10.1. The Morgan fingerprint density at radius 1 is 1.06 bits per heavy atom. The maximum absolute atomic E-state index is 13.2. The number of aryl methyl sites for hydroxylation is 3. The van der Waals surface area contributed by atoms with Gasteiger partial charge in [0.15, 0.2) is 0 Å². The zero-order valence-corrected chi connectivity index (χ0v) is 17.6. The Morgan fingerprint density at radius 3 is 2.42 bits per heavy atom. The predicted molar refractivity (Wildman–Crippen MR) is 119 cm³/mol. The van der Waals surface area contributed by atoms with Gasteiger partial charge in [0.2, 0.25) is 5.91 Å². The highest BCUT2D eigenvalue weighted by atomic mass is 19.1. The highest BCUT2D eigenvalue weighted by Gasteiger charge is 2.20. The minimum absolute atomic E-state index is 0.142. The number of rotatable bonds is 5. The average Bonchev–Trinajstić information content (AvgIpc) is 3.12. The largest absolute Gasteiger partial charge is 0.326 e. The van der Waals surface area contributed by atoms with Crippen molar-refractivity contribution in [1.29, 1.82) is 0 Å². The molecule has 2 heterocycles. The number of nitrogens with zero attached hydrogens (tertiary/aromatic N) is 3. The van der Waals surface area contributed by atoms with Gasteiger partial charge in [0.25, 0.3) is 5.56 Å². The first kappa shape index (κ1) is 20.5. The lowest BCUT2D eigenvalue weighted by molar-refractivity contribution is -0.116. The number of nitrogens with one attached hydrogen (secondary N) is 1. The number of amides is 1. The summed E-state index contributed by atoms with van der Waals surface area (Å²) in [4.78, 5) is 25.5. The molecule has 0 atom stereocenters. The van der Waals surface area contributed by atoms with E-state index in [0.29, 0.717) is 17.7 Å². The van der Waals surface area contributed by atoms with E-state index in [-0.39, 0.29) is 23.7 Å². The fourth-order valence-corrected chi connectivity index (χ4v) is 3.91. The monoisotopic (exact) mass is 418 g/mol. The molecule has 0 aliphatic rings. The van der Waals surface area contributed by atoms with Crippen LogP contribution in [0.2, 0.25) is 0 Å². The van der Waals surface area contributed by atoms with Crippen LogP contribution in [0.3, 0.4) is 0 Å². The van der Waals surface area contributed by atoms with Gasteiger partial charge in [0.1, 0.15) is 11.5 Å². The molecule has 4 aromatic rings. The summed E-state index contributed by atoms with van der Waals surface area (Å²) < 4.78 is 16.4. The molecule has 0 saturated heterocycles. The number of benzene rings is 2. The second-order valence-electron chi connectivity index (χ2n) is 7.55. The SMILES string of the molecule is Cc1nn(-c2ccccc2)c2c1c(C)c(CCC(=O)Nc1ccc(F)cc1)c(=O)n2C. The quantitative estimate of drug-likeness (QED) is 0.532. The van der Waals surface area contributed by atoms with Crippen molar-refractivity contribution in [2.45, 2.75) is 26.7 Å². The van der Waals surface area contributed by atoms with Gasteiger partial charge in [0.05, 0.1) is 11.4 Å². The van der Waals surface area contributed by atoms with Crippen LogP contribution in [0, 0.1) is 19.7 Å². The Bertz CT molecular complexity index is 1320. The van der Waals surface area contributed by atoms with Crippen molar-refractivity contribution < 1.29 is 9.18 Å². The van der Waals surface area contributed by atoms with Gasteiger partial charge in [-0.15, -0.1) is 0 Å². The molecule has 0 radical (unpaired) electrons. The first-order chi connectivity index (χ1) is 14.9. The lowest BCUT2D eigenvalue weighted by Gasteiger charge is -2.13. The maximum atomic E-state index is 13.2. The van der Waals surface area contributed by atoms with Gasteiger partial charge in [0, 0.05) is 30.1 Å². The molecule has 1 N–H and O–H groups in total. The van der Waals surface area contributed by atoms with Crippen LogP contribution in [-0.2, 0) is 18.3 Å². The normalized spacial score (nSPS) is 11.1. The van der Waals surface area contributed by atoms with Crippen LogP contribution in [0.1, 0.15) is 23.2 Å². The molecule has 1 amide bonds. The fourth-order valence-electron chi connectivity index (χ4n) is 3.91. The number of carbonyl (C=O) groups is 1. The van der Waals surface area contributed by atoms with E-state index in [0.717, 1.165) is 28.0 Å². The van der Waals surface area contributed by atoms with Crippen molar-refractivity contribution >= 4 is 22.6 Å². The summed E-state index contributed by atoms with van der Waals surface area (Å²) in [6.45, 7) is 3.82. The molecule has 2 aromatic heterocycles. The minimum atomic E-state index is -0.364. The zero-order valence-electron chi connectivity index (χ0n) is 17.6. The molecule has 0 aliphatic carbocycles. The van der Waals surface area contributed by atoms with Gasteiger partial charge in [-0.05, 0) is 62.2 Å². The number of hydrogen-bond donors (Lipinski definition) is 1. The number of halogens is 1. The third-order valence-electron chi connectivity index (χ3n) is 5.48. The van der Waals surface area contributed by atoms with E-state index in [4.69, 9.17) is 0 Å². The number of anilines is 1. The molecule has 0 aliphatic heterocycles. The summed E-state index contributed by atoms with van der Waals surface area (Å²) in [6.07, 6.45) is 0.447. The van der Waals surface area contributed by atoms with Crippen LogP contribution in [0.25, 0.3) is 16.7 Å². The molecule has 0 unspecified atom stereocenters. The fraction of sp³-hybridized carbons (Fsp3) is 0.208. The van der Waals surface area contributed by atoms with Crippen molar-refractivity contribution in [2.24, 2.45) is 7.05 Å². The Labute approximate surface area is 178 Å². The second kappa shape index (κ2) is 8.18. The van der Waals surface area contributed by atoms with E-state index in [1.807, 2.05) is 44.2 Å². The van der Waals surface area contributed by atoms with E-state index < -0.39 is 0 Å². The Kier molecular flexibility index (Phi) is 5.42. The molecule has 4 rings (SSSR count). The average molecular weight is 418 g/mol. The Balaban J connectivity index is 1.66.